The average Bonchev–Trinajstić information content (AvgIpc) is 2.46. The van der Waals surface area contributed by atoms with Crippen LogP contribution in [0.15, 0.2) is 0 Å². The smallest absolute Gasteiger partial charge is 0.163 e. The van der Waals surface area contributed by atoms with Gasteiger partial charge in [-0.15, -0.1) is 0 Å². The van der Waals surface area contributed by atoms with Crippen LogP contribution in [0, 0.1) is 0 Å². The maximum Gasteiger partial charge on any atom is 0.163 e. The molecule has 9 nitrogen and oxygen atoms in total. The molecule has 0 amide bonds. The molecule has 8 atom stereocenters. The zero-order chi connectivity index (χ0) is 15.6. The SMILES string of the molecule is NCC1O[C@H](O[C@@H]2CC(O)[C@H](O)C(CN)O2)CC(O)[C@@H]1O. The number of aliphatic hydroxyl groups is 4. The van der Waals surface area contributed by atoms with Crippen LogP contribution in [0.4, 0.5) is 0 Å². The zero-order valence-electron chi connectivity index (χ0n) is 11.6. The van der Waals surface area contributed by atoms with Crippen molar-refractivity contribution < 1.29 is 34.6 Å². The molecule has 2 saturated heterocycles. The topological polar surface area (TPSA) is 161 Å². The van der Waals surface area contributed by atoms with Crippen molar-refractivity contribution in [2.24, 2.45) is 11.5 Å². The van der Waals surface area contributed by atoms with Gasteiger partial charge >= 0.3 is 0 Å². The van der Waals surface area contributed by atoms with Crippen LogP contribution in [0.2, 0.25) is 0 Å². The second kappa shape index (κ2) is 7.27. The molecule has 2 aliphatic rings. The number of hydrogen-bond acceptors (Lipinski definition) is 9. The minimum absolute atomic E-state index is 0.0381. The number of nitrogens with two attached hydrogens (primary N) is 2. The molecule has 0 aliphatic carbocycles. The molecule has 21 heavy (non-hydrogen) atoms. The molecular formula is C12H24N2O7. The van der Waals surface area contributed by atoms with Gasteiger partial charge in [-0.1, -0.05) is 0 Å². The third-order valence-corrected chi connectivity index (χ3v) is 3.84. The molecule has 2 aliphatic heterocycles. The predicted molar refractivity (Wildman–Crippen MR) is 69.8 cm³/mol. The monoisotopic (exact) mass is 308 g/mol. The van der Waals surface area contributed by atoms with E-state index in [2.05, 4.69) is 0 Å². The van der Waals surface area contributed by atoms with Gasteiger partial charge in [0.05, 0.1) is 12.2 Å². The fraction of sp³-hybridized carbons (Fsp3) is 1.00. The summed E-state index contributed by atoms with van der Waals surface area (Å²) in [5, 5.41) is 38.9. The zero-order valence-corrected chi connectivity index (χ0v) is 11.6. The van der Waals surface area contributed by atoms with Crippen molar-refractivity contribution in [1.82, 2.24) is 0 Å². The van der Waals surface area contributed by atoms with Crippen molar-refractivity contribution >= 4 is 0 Å². The minimum atomic E-state index is -1.06. The van der Waals surface area contributed by atoms with Gasteiger partial charge in [0.1, 0.15) is 24.4 Å². The van der Waals surface area contributed by atoms with Crippen LogP contribution in [-0.2, 0) is 14.2 Å². The lowest BCUT2D eigenvalue weighted by Gasteiger charge is -2.41. The lowest BCUT2D eigenvalue weighted by atomic mass is 10.0. The molecular weight excluding hydrogens is 284 g/mol. The summed E-state index contributed by atoms with van der Waals surface area (Å²) in [6.45, 7) is 0.0761. The van der Waals surface area contributed by atoms with E-state index in [4.69, 9.17) is 25.7 Å². The molecule has 2 heterocycles. The predicted octanol–water partition coefficient (Wildman–Crippen LogP) is -3.41. The van der Waals surface area contributed by atoms with Crippen molar-refractivity contribution in [1.29, 1.82) is 0 Å². The van der Waals surface area contributed by atoms with Gasteiger partial charge in [-0.05, 0) is 0 Å². The Hall–Kier alpha value is -0.360. The highest BCUT2D eigenvalue weighted by atomic mass is 16.8. The molecule has 0 radical (unpaired) electrons. The van der Waals surface area contributed by atoms with E-state index in [1.54, 1.807) is 0 Å². The Labute approximate surface area is 122 Å². The van der Waals surface area contributed by atoms with E-state index in [1.165, 1.54) is 0 Å². The van der Waals surface area contributed by atoms with Crippen LogP contribution < -0.4 is 11.5 Å². The van der Waals surface area contributed by atoms with Gasteiger partial charge < -0.3 is 46.1 Å². The van der Waals surface area contributed by atoms with Crippen molar-refractivity contribution in [2.75, 3.05) is 13.1 Å². The first-order chi connectivity index (χ1) is 9.96. The molecule has 9 heteroatoms. The summed E-state index contributed by atoms with van der Waals surface area (Å²) < 4.78 is 16.4. The third-order valence-electron chi connectivity index (χ3n) is 3.84. The van der Waals surface area contributed by atoms with Gasteiger partial charge in [-0.2, -0.15) is 0 Å². The van der Waals surface area contributed by atoms with Crippen molar-refractivity contribution in [3.8, 4) is 0 Å². The van der Waals surface area contributed by atoms with Gasteiger partial charge in [0.15, 0.2) is 12.6 Å². The Balaban J connectivity index is 1.92. The Kier molecular flexibility index (Phi) is 5.88. The van der Waals surface area contributed by atoms with Gasteiger partial charge in [0, 0.05) is 25.9 Å². The molecule has 0 spiro atoms. The number of rotatable bonds is 4. The van der Waals surface area contributed by atoms with E-state index in [0.717, 1.165) is 0 Å². The number of aliphatic hydroxyl groups excluding tert-OH is 4. The van der Waals surface area contributed by atoms with E-state index in [-0.39, 0.29) is 25.9 Å². The fourth-order valence-corrected chi connectivity index (χ4v) is 2.57. The highest BCUT2D eigenvalue weighted by Gasteiger charge is 2.41. The highest BCUT2D eigenvalue weighted by molar-refractivity contribution is 4.86. The molecule has 8 N–H and O–H groups in total. The Morgan fingerprint density at radius 2 is 1.19 bits per heavy atom. The molecule has 0 aromatic heterocycles. The highest BCUT2D eigenvalue weighted by Crippen LogP contribution is 2.26. The summed E-state index contributed by atoms with van der Waals surface area (Å²) in [5.74, 6) is 0. The molecule has 2 fully saturated rings. The Bertz CT molecular complexity index is 305. The van der Waals surface area contributed by atoms with E-state index < -0.39 is 49.2 Å². The third kappa shape index (κ3) is 3.89. The van der Waals surface area contributed by atoms with Crippen LogP contribution >= 0.6 is 0 Å². The van der Waals surface area contributed by atoms with Gasteiger partial charge in [-0.25, -0.2) is 0 Å². The van der Waals surface area contributed by atoms with E-state index in [0.29, 0.717) is 0 Å². The second-order valence-electron chi connectivity index (χ2n) is 5.40. The van der Waals surface area contributed by atoms with Crippen LogP contribution in [0.1, 0.15) is 12.8 Å². The number of hydrogen-bond donors (Lipinski definition) is 6. The van der Waals surface area contributed by atoms with Crippen LogP contribution in [0.5, 0.6) is 0 Å². The maximum absolute atomic E-state index is 9.76. The average molecular weight is 308 g/mol. The first kappa shape index (κ1) is 17.0. The molecule has 0 bridgehead atoms. The second-order valence-corrected chi connectivity index (χ2v) is 5.40. The van der Waals surface area contributed by atoms with Crippen LogP contribution in [0.3, 0.4) is 0 Å². The molecule has 2 rings (SSSR count). The first-order valence-electron chi connectivity index (χ1n) is 7.05. The number of ether oxygens (including phenoxy) is 3. The van der Waals surface area contributed by atoms with Crippen molar-refractivity contribution in [3.05, 3.63) is 0 Å². The lowest BCUT2D eigenvalue weighted by Crippen LogP contribution is -2.55. The summed E-state index contributed by atoms with van der Waals surface area (Å²) in [6.07, 6.45) is -7.13. The van der Waals surface area contributed by atoms with Gasteiger partial charge in [0.25, 0.3) is 0 Å². The van der Waals surface area contributed by atoms with Crippen molar-refractivity contribution in [3.63, 3.8) is 0 Å². The van der Waals surface area contributed by atoms with E-state index in [1.807, 2.05) is 0 Å². The molecule has 0 saturated carbocycles. The van der Waals surface area contributed by atoms with Crippen LogP contribution in [0.25, 0.3) is 0 Å². The normalized spacial score (nSPS) is 48.3. The fourth-order valence-electron chi connectivity index (χ4n) is 2.57. The largest absolute Gasteiger partial charge is 0.390 e. The van der Waals surface area contributed by atoms with Crippen LogP contribution in [-0.4, -0.2) is 82.7 Å². The van der Waals surface area contributed by atoms with E-state index in [9.17, 15) is 20.4 Å². The maximum atomic E-state index is 9.76. The van der Waals surface area contributed by atoms with Gasteiger partial charge in [0.2, 0.25) is 0 Å². The molecule has 0 aromatic carbocycles. The lowest BCUT2D eigenvalue weighted by molar-refractivity contribution is -0.327. The summed E-state index contributed by atoms with van der Waals surface area (Å²) in [5.41, 5.74) is 10.9. The Morgan fingerprint density at radius 3 is 1.52 bits per heavy atom. The minimum Gasteiger partial charge on any atom is -0.390 e. The standard InChI is InChI=1S/C12H24N2O7/c13-3-7-11(17)5(15)1-9(19-7)21-10-2-6(16)12(18)8(4-14)20-10/h5-12,15-18H,1-4,13-14H2/t5?,6?,7?,8?,9-,10-,11+,12+/m1/s1. The van der Waals surface area contributed by atoms with Gasteiger partial charge in [-0.3, -0.25) is 0 Å². The molecule has 124 valence electrons. The molecule has 0 aromatic rings. The first-order valence-corrected chi connectivity index (χ1v) is 7.05. The Morgan fingerprint density at radius 1 is 0.810 bits per heavy atom. The van der Waals surface area contributed by atoms with E-state index >= 15 is 0 Å². The molecule has 4 unspecified atom stereocenters. The summed E-state index contributed by atoms with van der Waals surface area (Å²) in [7, 11) is 0. The summed E-state index contributed by atoms with van der Waals surface area (Å²) >= 11 is 0. The summed E-state index contributed by atoms with van der Waals surface area (Å²) in [6, 6.07) is 0. The quantitative estimate of drug-likeness (QED) is 0.311. The van der Waals surface area contributed by atoms with Crippen molar-refractivity contribution in [2.45, 2.75) is 62.0 Å². The summed E-state index contributed by atoms with van der Waals surface area (Å²) in [4.78, 5) is 0.